The van der Waals surface area contributed by atoms with E-state index < -0.39 is 0 Å². The molecule has 0 aliphatic carbocycles. The molecule has 1 aromatic rings. The third kappa shape index (κ3) is 5.96. The lowest BCUT2D eigenvalue weighted by Gasteiger charge is -2.21. The number of ether oxygens (including phenoxy) is 1. The first-order valence-electron chi connectivity index (χ1n) is 9.88. The van der Waals surface area contributed by atoms with Crippen LogP contribution in [0.5, 0.6) is 0 Å². The molecular weight excluding hydrogens is 296 g/mol. The molecule has 0 heterocycles. The van der Waals surface area contributed by atoms with Gasteiger partial charge < -0.3 is 4.74 Å². The fourth-order valence-electron chi connectivity index (χ4n) is 3.18. The Kier molecular flexibility index (Phi) is 9.75. The lowest BCUT2D eigenvalue weighted by atomic mass is 9.85. The monoisotopic (exact) mass is 332 g/mol. The van der Waals surface area contributed by atoms with Crippen molar-refractivity contribution in [2.75, 3.05) is 6.61 Å². The second-order valence-corrected chi connectivity index (χ2v) is 7.02. The Balaban J connectivity index is 3.20. The molecule has 1 aromatic carbocycles. The zero-order valence-corrected chi connectivity index (χ0v) is 16.4. The molecule has 0 amide bonds. The van der Waals surface area contributed by atoms with E-state index in [1.165, 1.54) is 42.4 Å². The number of aryl methyl sites for hydroxylation is 1. The Bertz CT molecular complexity index is 503. The maximum absolute atomic E-state index is 12.6. The zero-order valence-electron chi connectivity index (χ0n) is 16.4. The molecule has 0 radical (unpaired) electrons. The summed E-state index contributed by atoms with van der Waals surface area (Å²) in [5.74, 6) is 0.194. The predicted molar refractivity (Wildman–Crippen MR) is 103 cm³/mol. The van der Waals surface area contributed by atoms with Crippen molar-refractivity contribution < 1.29 is 9.53 Å². The summed E-state index contributed by atoms with van der Waals surface area (Å²) in [4.78, 5) is 12.6. The summed E-state index contributed by atoms with van der Waals surface area (Å²) in [5.41, 5.74) is 4.84. The molecule has 0 saturated carbocycles. The molecular formula is C22H36O2. The zero-order chi connectivity index (χ0) is 17.9. The molecule has 0 unspecified atom stereocenters. The van der Waals surface area contributed by atoms with Crippen LogP contribution in [-0.2, 0) is 17.6 Å². The first-order valence-corrected chi connectivity index (χ1v) is 9.88. The van der Waals surface area contributed by atoms with Crippen molar-refractivity contribution in [3.8, 4) is 0 Å². The molecule has 0 fully saturated rings. The Hall–Kier alpha value is -1.31. The first kappa shape index (κ1) is 20.7. The summed E-state index contributed by atoms with van der Waals surface area (Å²) in [6, 6.07) is 4.17. The molecule has 136 valence electrons. The highest BCUT2D eigenvalue weighted by Crippen LogP contribution is 2.30. The fourth-order valence-corrected chi connectivity index (χ4v) is 3.18. The summed E-state index contributed by atoms with van der Waals surface area (Å²) >= 11 is 0. The topological polar surface area (TPSA) is 26.3 Å². The van der Waals surface area contributed by atoms with E-state index in [0.29, 0.717) is 12.5 Å². The van der Waals surface area contributed by atoms with Crippen molar-refractivity contribution in [2.45, 2.75) is 91.9 Å². The Morgan fingerprint density at radius 1 is 0.958 bits per heavy atom. The number of esters is 1. The van der Waals surface area contributed by atoms with Crippen molar-refractivity contribution in [3.05, 3.63) is 34.4 Å². The number of hydrogen-bond acceptors (Lipinski definition) is 2. The van der Waals surface area contributed by atoms with Gasteiger partial charge in [0.15, 0.2) is 0 Å². The minimum Gasteiger partial charge on any atom is -0.462 e. The summed E-state index contributed by atoms with van der Waals surface area (Å²) in [6.07, 6.45) is 8.91. The van der Waals surface area contributed by atoms with Gasteiger partial charge in [-0.25, -0.2) is 4.79 Å². The number of benzene rings is 1. The average molecular weight is 333 g/mol. The molecule has 0 spiro atoms. The van der Waals surface area contributed by atoms with E-state index in [9.17, 15) is 4.79 Å². The van der Waals surface area contributed by atoms with Crippen molar-refractivity contribution in [1.29, 1.82) is 0 Å². The molecule has 0 aromatic heterocycles. The maximum atomic E-state index is 12.6. The molecule has 2 nitrogen and oxygen atoms in total. The minimum atomic E-state index is -0.146. The second kappa shape index (κ2) is 11.3. The van der Waals surface area contributed by atoms with Crippen molar-refractivity contribution in [2.24, 2.45) is 0 Å². The van der Waals surface area contributed by atoms with Crippen LogP contribution in [0.4, 0.5) is 0 Å². The quantitative estimate of drug-likeness (QED) is 0.344. The summed E-state index contributed by atoms with van der Waals surface area (Å²) < 4.78 is 5.50. The van der Waals surface area contributed by atoms with Crippen LogP contribution in [0.3, 0.4) is 0 Å². The summed E-state index contributed by atoms with van der Waals surface area (Å²) in [6.45, 7) is 11.5. The highest BCUT2D eigenvalue weighted by atomic mass is 16.5. The van der Waals surface area contributed by atoms with Crippen LogP contribution in [0.15, 0.2) is 12.1 Å². The molecule has 0 bridgehead atoms. The van der Waals surface area contributed by atoms with Crippen LogP contribution in [0.1, 0.15) is 106 Å². The van der Waals surface area contributed by atoms with Crippen LogP contribution in [0, 0.1) is 0 Å². The Labute approximate surface area is 149 Å². The van der Waals surface area contributed by atoms with E-state index in [0.717, 1.165) is 31.2 Å². The van der Waals surface area contributed by atoms with Gasteiger partial charge in [-0.3, -0.25) is 0 Å². The summed E-state index contributed by atoms with van der Waals surface area (Å²) in [7, 11) is 0. The van der Waals surface area contributed by atoms with Gasteiger partial charge in [0.2, 0.25) is 0 Å². The van der Waals surface area contributed by atoms with Crippen molar-refractivity contribution in [3.63, 3.8) is 0 Å². The fraction of sp³-hybridized carbons (Fsp3) is 0.682. The maximum Gasteiger partial charge on any atom is 0.338 e. The Morgan fingerprint density at radius 3 is 2.17 bits per heavy atom. The smallest absolute Gasteiger partial charge is 0.338 e. The average Bonchev–Trinajstić information content (AvgIpc) is 2.57. The highest BCUT2D eigenvalue weighted by Gasteiger charge is 2.20. The van der Waals surface area contributed by atoms with Gasteiger partial charge in [-0.15, -0.1) is 0 Å². The first-order chi connectivity index (χ1) is 11.6. The van der Waals surface area contributed by atoms with Gasteiger partial charge in [-0.1, -0.05) is 59.9 Å². The third-order valence-electron chi connectivity index (χ3n) is 4.56. The number of carbonyl (C=O) groups excluding carboxylic acids is 1. The van der Waals surface area contributed by atoms with Gasteiger partial charge in [0.1, 0.15) is 0 Å². The lowest BCUT2D eigenvalue weighted by molar-refractivity contribution is 0.0498. The molecule has 1 rings (SSSR count). The number of unbranched alkanes of at least 4 members (excludes halogenated alkanes) is 3. The van der Waals surface area contributed by atoms with Gasteiger partial charge in [-0.05, 0) is 60.8 Å². The highest BCUT2D eigenvalue weighted by molar-refractivity contribution is 5.92. The lowest BCUT2D eigenvalue weighted by Crippen LogP contribution is -2.14. The normalized spacial score (nSPS) is 11.1. The van der Waals surface area contributed by atoms with Gasteiger partial charge in [0, 0.05) is 0 Å². The van der Waals surface area contributed by atoms with Crippen LogP contribution in [0.25, 0.3) is 0 Å². The number of rotatable bonds is 11. The van der Waals surface area contributed by atoms with Gasteiger partial charge in [0.05, 0.1) is 12.2 Å². The van der Waals surface area contributed by atoms with Crippen molar-refractivity contribution in [1.82, 2.24) is 0 Å². The van der Waals surface area contributed by atoms with E-state index >= 15 is 0 Å². The van der Waals surface area contributed by atoms with Crippen LogP contribution in [-0.4, -0.2) is 12.6 Å². The van der Waals surface area contributed by atoms with E-state index in [2.05, 4.69) is 40.7 Å². The van der Waals surface area contributed by atoms with Crippen LogP contribution < -0.4 is 0 Å². The molecule has 0 atom stereocenters. The SMILES string of the molecule is CCCCOC(=O)c1ccc(CCCC)c(CCCC)c1C(C)C. The predicted octanol–water partition coefficient (Wildman–Crippen LogP) is 6.45. The molecule has 2 heteroatoms. The minimum absolute atomic E-state index is 0.146. The van der Waals surface area contributed by atoms with E-state index in [1.54, 1.807) is 0 Å². The second-order valence-electron chi connectivity index (χ2n) is 7.02. The molecule has 0 saturated heterocycles. The van der Waals surface area contributed by atoms with Crippen molar-refractivity contribution >= 4 is 5.97 Å². The van der Waals surface area contributed by atoms with E-state index in [4.69, 9.17) is 4.74 Å². The molecule has 24 heavy (non-hydrogen) atoms. The van der Waals surface area contributed by atoms with Crippen LogP contribution >= 0.6 is 0 Å². The van der Waals surface area contributed by atoms with Crippen LogP contribution in [0.2, 0.25) is 0 Å². The summed E-state index contributed by atoms with van der Waals surface area (Å²) in [5, 5.41) is 0. The number of carbonyl (C=O) groups is 1. The third-order valence-corrected chi connectivity index (χ3v) is 4.56. The Morgan fingerprint density at radius 2 is 1.58 bits per heavy atom. The largest absolute Gasteiger partial charge is 0.462 e. The molecule has 0 aliphatic heterocycles. The number of hydrogen-bond donors (Lipinski definition) is 0. The standard InChI is InChI=1S/C22H36O2/c1-6-9-12-18-14-15-20(22(23)24-16-11-8-3)21(17(4)5)19(18)13-10-7-2/h14-15,17H,6-13,16H2,1-5H3. The van der Waals surface area contributed by atoms with Gasteiger partial charge in [-0.2, -0.15) is 0 Å². The van der Waals surface area contributed by atoms with Gasteiger partial charge in [0.25, 0.3) is 0 Å². The molecule has 0 aliphatic rings. The van der Waals surface area contributed by atoms with E-state index in [-0.39, 0.29) is 5.97 Å². The van der Waals surface area contributed by atoms with E-state index in [1.807, 2.05) is 6.07 Å². The van der Waals surface area contributed by atoms with Gasteiger partial charge >= 0.3 is 5.97 Å². The molecule has 0 N–H and O–H groups in total.